The summed E-state index contributed by atoms with van der Waals surface area (Å²) in [5.41, 5.74) is -0.251. The van der Waals surface area contributed by atoms with Crippen LogP contribution in [0.3, 0.4) is 0 Å². The number of aromatic nitrogens is 5. The standard InChI is InChI=1S/C17H24N6O2/c1-2-23-14(9-24)20-21-15(23)12-7-13(8-12)19-16(25)17(3-4-17)10-22-6-5-18-11-22/h5-6,11-13,24H,2-4,7-10H2,1H3,(H,19,25). The van der Waals surface area contributed by atoms with Gasteiger partial charge in [-0.1, -0.05) is 0 Å². The summed E-state index contributed by atoms with van der Waals surface area (Å²) in [5, 5.41) is 20.8. The van der Waals surface area contributed by atoms with E-state index in [-0.39, 0.29) is 24.0 Å². The molecule has 2 fully saturated rings. The van der Waals surface area contributed by atoms with E-state index in [1.807, 2.05) is 22.3 Å². The van der Waals surface area contributed by atoms with Gasteiger partial charge in [0.2, 0.25) is 5.91 Å². The smallest absolute Gasteiger partial charge is 0.228 e. The second-order valence-electron chi connectivity index (χ2n) is 7.23. The van der Waals surface area contributed by atoms with Crippen molar-refractivity contribution in [2.24, 2.45) is 5.41 Å². The molecule has 2 aliphatic carbocycles. The number of carbonyl (C=O) groups excluding carboxylic acids is 1. The minimum absolute atomic E-state index is 0.0928. The van der Waals surface area contributed by atoms with Crippen LogP contribution in [0.25, 0.3) is 0 Å². The van der Waals surface area contributed by atoms with Gasteiger partial charge in [0.25, 0.3) is 0 Å². The van der Waals surface area contributed by atoms with Crippen LogP contribution in [0, 0.1) is 5.41 Å². The van der Waals surface area contributed by atoms with E-state index in [1.54, 1.807) is 12.5 Å². The SMILES string of the molecule is CCn1c(CO)nnc1C1CC(NC(=O)C2(Cn3ccnc3)CC2)C1. The van der Waals surface area contributed by atoms with Crippen LogP contribution in [0.1, 0.15) is 50.2 Å². The summed E-state index contributed by atoms with van der Waals surface area (Å²) >= 11 is 0. The fourth-order valence-corrected chi connectivity index (χ4v) is 3.74. The zero-order chi connectivity index (χ0) is 17.4. The summed E-state index contributed by atoms with van der Waals surface area (Å²) in [7, 11) is 0. The lowest BCUT2D eigenvalue weighted by Crippen LogP contribution is -2.47. The normalized spacial score (nSPS) is 23.9. The zero-order valence-electron chi connectivity index (χ0n) is 14.4. The molecule has 0 saturated heterocycles. The van der Waals surface area contributed by atoms with Gasteiger partial charge in [-0.25, -0.2) is 4.98 Å². The summed E-state index contributed by atoms with van der Waals surface area (Å²) in [6.07, 6.45) is 9.07. The van der Waals surface area contributed by atoms with Crippen LogP contribution in [0.2, 0.25) is 0 Å². The van der Waals surface area contributed by atoms with Gasteiger partial charge in [-0.15, -0.1) is 10.2 Å². The summed E-state index contributed by atoms with van der Waals surface area (Å²) in [6, 6.07) is 0.206. The van der Waals surface area contributed by atoms with E-state index in [0.29, 0.717) is 18.3 Å². The molecule has 0 unspecified atom stereocenters. The average Bonchev–Trinajstić information content (AvgIpc) is 3.01. The number of hydrogen-bond donors (Lipinski definition) is 2. The highest BCUT2D eigenvalue weighted by Gasteiger charge is 2.51. The van der Waals surface area contributed by atoms with E-state index in [1.165, 1.54) is 0 Å². The molecule has 2 aromatic heterocycles. The van der Waals surface area contributed by atoms with Gasteiger partial charge < -0.3 is 19.6 Å². The monoisotopic (exact) mass is 344 g/mol. The Balaban J connectivity index is 1.33. The summed E-state index contributed by atoms with van der Waals surface area (Å²) in [5.74, 6) is 2.01. The number of nitrogens with zero attached hydrogens (tertiary/aromatic N) is 5. The van der Waals surface area contributed by atoms with Gasteiger partial charge in [0.05, 0.1) is 11.7 Å². The molecule has 4 rings (SSSR count). The molecule has 2 aliphatic rings. The number of carbonyl (C=O) groups is 1. The van der Waals surface area contributed by atoms with Crippen molar-refractivity contribution in [2.75, 3.05) is 0 Å². The average molecular weight is 344 g/mol. The predicted molar refractivity (Wildman–Crippen MR) is 89.4 cm³/mol. The van der Waals surface area contributed by atoms with Gasteiger partial charge in [0.1, 0.15) is 12.4 Å². The molecule has 2 N–H and O–H groups in total. The van der Waals surface area contributed by atoms with Crippen molar-refractivity contribution in [1.29, 1.82) is 0 Å². The number of hydrogen-bond acceptors (Lipinski definition) is 5. The largest absolute Gasteiger partial charge is 0.388 e. The molecule has 1 amide bonds. The van der Waals surface area contributed by atoms with Gasteiger partial charge in [-0.05, 0) is 32.6 Å². The minimum atomic E-state index is -0.251. The summed E-state index contributed by atoms with van der Waals surface area (Å²) in [6.45, 7) is 3.39. The van der Waals surface area contributed by atoms with E-state index in [9.17, 15) is 9.90 Å². The molecular formula is C17H24N6O2. The van der Waals surface area contributed by atoms with Crippen LogP contribution in [0.5, 0.6) is 0 Å². The third-order valence-electron chi connectivity index (χ3n) is 5.53. The van der Waals surface area contributed by atoms with Crippen LogP contribution >= 0.6 is 0 Å². The van der Waals surface area contributed by atoms with Crippen molar-refractivity contribution in [1.82, 2.24) is 29.6 Å². The molecule has 2 saturated carbocycles. The van der Waals surface area contributed by atoms with E-state index in [0.717, 1.165) is 38.1 Å². The summed E-state index contributed by atoms with van der Waals surface area (Å²) < 4.78 is 3.96. The van der Waals surface area contributed by atoms with Crippen molar-refractivity contribution >= 4 is 5.91 Å². The number of aliphatic hydroxyl groups is 1. The van der Waals surface area contributed by atoms with Crippen molar-refractivity contribution in [3.8, 4) is 0 Å². The Hall–Kier alpha value is -2.22. The van der Waals surface area contributed by atoms with Crippen molar-refractivity contribution < 1.29 is 9.90 Å². The molecule has 0 aliphatic heterocycles. The second-order valence-corrected chi connectivity index (χ2v) is 7.23. The first-order valence-corrected chi connectivity index (χ1v) is 8.95. The van der Waals surface area contributed by atoms with Crippen LogP contribution in [0.15, 0.2) is 18.7 Å². The van der Waals surface area contributed by atoms with Crippen LogP contribution in [-0.2, 0) is 24.5 Å². The van der Waals surface area contributed by atoms with E-state index in [4.69, 9.17) is 0 Å². The molecule has 25 heavy (non-hydrogen) atoms. The van der Waals surface area contributed by atoms with Crippen molar-refractivity contribution in [3.05, 3.63) is 30.4 Å². The fraction of sp³-hybridized carbons (Fsp3) is 0.647. The number of rotatable bonds is 7. The first-order chi connectivity index (χ1) is 12.1. The van der Waals surface area contributed by atoms with Gasteiger partial charge in [-0.3, -0.25) is 4.79 Å². The number of imidazole rings is 1. The molecule has 0 radical (unpaired) electrons. The van der Waals surface area contributed by atoms with Crippen molar-refractivity contribution in [3.63, 3.8) is 0 Å². The van der Waals surface area contributed by atoms with Crippen LogP contribution in [-0.4, -0.2) is 41.4 Å². The lowest BCUT2D eigenvalue weighted by Gasteiger charge is -2.36. The fourth-order valence-electron chi connectivity index (χ4n) is 3.74. The first-order valence-electron chi connectivity index (χ1n) is 8.95. The topological polar surface area (TPSA) is 97.9 Å². The van der Waals surface area contributed by atoms with Crippen LogP contribution < -0.4 is 5.32 Å². The molecule has 2 heterocycles. The number of aliphatic hydroxyl groups excluding tert-OH is 1. The Bertz CT molecular complexity index is 743. The third kappa shape index (κ3) is 2.95. The molecule has 2 aromatic rings. The van der Waals surface area contributed by atoms with Crippen molar-refractivity contribution in [2.45, 2.75) is 64.3 Å². The molecule has 8 heteroatoms. The lowest BCUT2D eigenvalue weighted by molar-refractivity contribution is -0.128. The van der Waals surface area contributed by atoms with E-state index >= 15 is 0 Å². The van der Waals surface area contributed by atoms with E-state index < -0.39 is 0 Å². The molecule has 0 bridgehead atoms. The Morgan fingerprint density at radius 2 is 2.20 bits per heavy atom. The summed E-state index contributed by atoms with van der Waals surface area (Å²) in [4.78, 5) is 16.7. The van der Waals surface area contributed by atoms with Gasteiger partial charge in [0, 0.05) is 37.4 Å². The third-order valence-corrected chi connectivity index (χ3v) is 5.53. The Morgan fingerprint density at radius 3 is 2.80 bits per heavy atom. The molecule has 0 atom stereocenters. The maximum absolute atomic E-state index is 12.7. The highest BCUT2D eigenvalue weighted by Crippen LogP contribution is 2.48. The quantitative estimate of drug-likeness (QED) is 0.775. The lowest BCUT2D eigenvalue weighted by atomic mass is 9.79. The minimum Gasteiger partial charge on any atom is -0.388 e. The molecule has 0 aromatic carbocycles. The maximum Gasteiger partial charge on any atom is 0.228 e. The zero-order valence-corrected chi connectivity index (χ0v) is 14.4. The Kier molecular flexibility index (Phi) is 4.07. The molecule has 8 nitrogen and oxygen atoms in total. The Labute approximate surface area is 146 Å². The maximum atomic E-state index is 12.7. The van der Waals surface area contributed by atoms with Crippen LogP contribution in [0.4, 0.5) is 0 Å². The second kappa shape index (κ2) is 6.25. The molecule has 0 spiro atoms. The van der Waals surface area contributed by atoms with Gasteiger partial charge >= 0.3 is 0 Å². The van der Waals surface area contributed by atoms with E-state index in [2.05, 4.69) is 20.5 Å². The highest BCUT2D eigenvalue weighted by atomic mass is 16.3. The van der Waals surface area contributed by atoms with Gasteiger partial charge in [-0.2, -0.15) is 0 Å². The Morgan fingerprint density at radius 1 is 1.40 bits per heavy atom. The first kappa shape index (κ1) is 16.3. The number of amides is 1. The molecule has 134 valence electrons. The number of nitrogens with one attached hydrogen (secondary N) is 1. The van der Waals surface area contributed by atoms with Gasteiger partial charge in [0.15, 0.2) is 5.82 Å². The highest BCUT2D eigenvalue weighted by molar-refractivity contribution is 5.85. The molecular weight excluding hydrogens is 320 g/mol. The predicted octanol–water partition coefficient (Wildman–Crippen LogP) is 0.829.